The highest BCUT2D eigenvalue weighted by Gasteiger charge is 2.09. The van der Waals surface area contributed by atoms with Gasteiger partial charge in [-0.2, -0.15) is 4.98 Å². The summed E-state index contributed by atoms with van der Waals surface area (Å²) in [6.07, 6.45) is 6.89. The third-order valence-corrected chi connectivity index (χ3v) is 2.87. The van der Waals surface area contributed by atoms with Crippen LogP contribution in [0.2, 0.25) is 0 Å². The molecule has 4 heteroatoms. The molecule has 1 atom stereocenters. The van der Waals surface area contributed by atoms with Gasteiger partial charge in [-0.1, -0.05) is 33.1 Å². The van der Waals surface area contributed by atoms with Gasteiger partial charge in [-0.25, -0.2) is 0 Å². The lowest BCUT2D eigenvalue weighted by atomic mass is 10.0. The van der Waals surface area contributed by atoms with Crippen LogP contribution >= 0.6 is 0 Å². The first-order valence-electron chi connectivity index (χ1n) is 6.51. The van der Waals surface area contributed by atoms with Gasteiger partial charge in [0.2, 0.25) is 0 Å². The zero-order valence-electron chi connectivity index (χ0n) is 11.2. The molecule has 0 aliphatic carbocycles. The second-order valence-corrected chi connectivity index (χ2v) is 4.36. The zero-order valence-corrected chi connectivity index (χ0v) is 11.2. The molecule has 0 aliphatic rings. The van der Waals surface area contributed by atoms with Crippen molar-refractivity contribution in [2.24, 2.45) is 5.92 Å². The Kier molecular flexibility index (Phi) is 6.70. The average Bonchev–Trinajstić information content (AvgIpc) is 2.78. The third kappa shape index (κ3) is 5.22. The predicted molar refractivity (Wildman–Crippen MR) is 68.1 cm³/mol. The number of hydrogen-bond donors (Lipinski definition) is 1. The molecule has 0 amide bonds. The summed E-state index contributed by atoms with van der Waals surface area (Å²) in [5, 5.41) is 3.02. The van der Waals surface area contributed by atoms with Crippen LogP contribution in [-0.4, -0.2) is 18.6 Å². The van der Waals surface area contributed by atoms with Crippen molar-refractivity contribution < 1.29 is 9.15 Å². The smallest absolute Gasteiger partial charge is 0.393 e. The SMILES string of the molecule is CCCCC(CC)COc1nc(CNC)co1. The Morgan fingerprint density at radius 3 is 2.94 bits per heavy atom. The van der Waals surface area contributed by atoms with E-state index in [1.165, 1.54) is 19.3 Å². The van der Waals surface area contributed by atoms with Crippen molar-refractivity contribution in [1.82, 2.24) is 10.3 Å². The fourth-order valence-electron chi connectivity index (χ4n) is 1.70. The molecule has 0 saturated heterocycles. The van der Waals surface area contributed by atoms with Crippen LogP contribution in [0, 0.1) is 5.92 Å². The number of ether oxygens (including phenoxy) is 1. The second-order valence-electron chi connectivity index (χ2n) is 4.36. The molecular formula is C13H24N2O2. The molecule has 0 aromatic carbocycles. The normalized spacial score (nSPS) is 12.6. The van der Waals surface area contributed by atoms with E-state index in [0.29, 0.717) is 25.1 Å². The Morgan fingerprint density at radius 2 is 2.29 bits per heavy atom. The summed E-state index contributed by atoms with van der Waals surface area (Å²) in [5.41, 5.74) is 0.879. The summed E-state index contributed by atoms with van der Waals surface area (Å²) in [7, 11) is 1.88. The predicted octanol–water partition coefficient (Wildman–Crippen LogP) is 2.99. The molecule has 1 aromatic heterocycles. The highest BCUT2D eigenvalue weighted by molar-refractivity contribution is 4.99. The van der Waals surface area contributed by atoms with Crippen LogP contribution in [0.5, 0.6) is 6.08 Å². The van der Waals surface area contributed by atoms with E-state index in [0.717, 1.165) is 12.1 Å². The van der Waals surface area contributed by atoms with Crippen molar-refractivity contribution in [2.45, 2.75) is 46.1 Å². The van der Waals surface area contributed by atoms with Gasteiger partial charge in [-0.05, 0) is 19.4 Å². The summed E-state index contributed by atoms with van der Waals surface area (Å²) in [6, 6.07) is 0. The maximum atomic E-state index is 5.58. The number of oxazole rings is 1. The standard InChI is InChI=1S/C13H24N2O2/c1-4-6-7-11(5-2)9-16-13-15-12(8-14-3)10-17-13/h10-11,14H,4-9H2,1-3H3. The number of unbranched alkanes of at least 4 members (excludes halogenated alkanes) is 1. The van der Waals surface area contributed by atoms with Crippen LogP contribution in [0.3, 0.4) is 0 Å². The Labute approximate surface area is 104 Å². The minimum absolute atomic E-state index is 0.394. The summed E-state index contributed by atoms with van der Waals surface area (Å²) in [4.78, 5) is 4.24. The molecule has 0 spiro atoms. The first-order chi connectivity index (χ1) is 8.30. The van der Waals surface area contributed by atoms with E-state index in [1.807, 2.05) is 7.05 Å². The molecular weight excluding hydrogens is 216 g/mol. The van der Waals surface area contributed by atoms with E-state index >= 15 is 0 Å². The van der Waals surface area contributed by atoms with E-state index in [-0.39, 0.29) is 0 Å². The number of hydrogen-bond acceptors (Lipinski definition) is 4. The lowest BCUT2D eigenvalue weighted by molar-refractivity contribution is 0.179. The summed E-state index contributed by atoms with van der Waals surface area (Å²) < 4.78 is 10.8. The van der Waals surface area contributed by atoms with Gasteiger partial charge in [-0.3, -0.25) is 0 Å². The highest BCUT2D eigenvalue weighted by Crippen LogP contribution is 2.16. The van der Waals surface area contributed by atoms with Gasteiger partial charge >= 0.3 is 6.08 Å². The van der Waals surface area contributed by atoms with Crippen LogP contribution in [0.15, 0.2) is 10.7 Å². The molecule has 0 bridgehead atoms. The largest absolute Gasteiger partial charge is 0.450 e. The summed E-state index contributed by atoms with van der Waals surface area (Å²) >= 11 is 0. The lowest BCUT2D eigenvalue weighted by Gasteiger charge is -2.13. The molecule has 1 aromatic rings. The molecule has 0 radical (unpaired) electrons. The van der Waals surface area contributed by atoms with Crippen molar-refractivity contribution in [3.63, 3.8) is 0 Å². The quantitative estimate of drug-likeness (QED) is 0.721. The molecule has 0 aliphatic heterocycles. The molecule has 1 rings (SSSR count). The molecule has 0 fully saturated rings. The first kappa shape index (κ1) is 14.0. The van der Waals surface area contributed by atoms with Gasteiger partial charge < -0.3 is 14.5 Å². The van der Waals surface area contributed by atoms with Crippen LogP contribution in [0.25, 0.3) is 0 Å². The fourth-order valence-corrected chi connectivity index (χ4v) is 1.70. The molecule has 1 heterocycles. The van der Waals surface area contributed by atoms with Crippen LogP contribution in [0.1, 0.15) is 45.2 Å². The Hall–Kier alpha value is -1.03. The van der Waals surface area contributed by atoms with E-state index in [9.17, 15) is 0 Å². The Balaban J connectivity index is 2.31. The van der Waals surface area contributed by atoms with E-state index in [2.05, 4.69) is 24.1 Å². The molecule has 98 valence electrons. The minimum Gasteiger partial charge on any atom is -0.450 e. The van der Waals surface area contributed by atoms with Crippen molar-refractivity contribution in [3.8, 4) is 6.08 Å². The summed E-state index contributed by atoms with van der Waals surface area (Å²) in [5.74, 6) is 0.606. The van der Waals surface area contributed by atoms with Crippen LogP contribution < -0.4 is 10.1 Å². The highest BCUT2D eigenvalue weighted by atomic mass is 16.6. The van der Waals surface area contributed by atoms with E-state index in [1.54, 1.807) is 6.26 Å². The number of aromatic nitrogens is 1. The maximum absolute atomic E-state index is 5.58. The summed E-state index contributed by atoms with van der Waals surface area (Å²) in [6.45, 7) is 5.83. The lowest BCUT2D eigenvalue weighted by Crippen LogP contribution is -2.11. The molecule has 17 heavy (non-hydrogen) atoms. The molecule has 0 saturated carbocycles. The number of rotatable bonds is 9. The number of nitrogens with zero attached hydrogens (tertiary/aromatic N) is 1. The fraction of sp³-hybridized carbons (Fsp3) is 0.769. The van der Waals surface area contributed by atoms with Gasteiger partial charge in [0.1, 0.15) is 6.26 Å². The molecule has 1 N–H and O–H groups in total. The van der Waals surface area contributed by atoms with E-state index in [4.69, 9.17) is 9.15 Å². The minimum atomic E-state index is 0.394. The van der Waals surface area contributed by atoms with Gasteiger partial charge in [0.25, 0.3) is 0 Å². The maximum Gasteiger partial charge on any atom is 0.393 e. The first-order valence-corrected chi connectivity index (χ1v) is 6.51. The van der Waals surface area contributed by atoms with Crippen molar-refractivity contribution >= 4 is 0 Å². The van der Waals surface area contributed by atoms with Crippen LogP contribution in [0.4, 0.5) is 0 Å². The monoisotopic (exact) mass is 240 g/mol. The topological polar surface area (TPSA) is 47.3 Å². The van der Waals surface area contributed by atoms with E-state index < -0.39 is 0 Å². The van der Waals surface area contributed by atoms with Gasteiger partial charge in [0, 0.05) is 6.54 Å². The van der Waals surface area contributed by atoms with Crippen molar-refractivity contribution in [1.29, 1.82) is 0 Å². The van der Waals surface area contributed by atoms with Gasteiger partial charge in [0.15, 0.2) is 0 Å². The van der Waals surface area contributed by atoms with Crippen molar-refractivity contribution in [3.05, 3.63) is 12.0 Å². The Bertz CT molecular complexity index is 299. The zero-order chi connectivity index (χ0) is 12.5. The Morgan fingerprint density at radius 1 is 1.47 bits per heavy atom. The molecule has 4 nitrogen and oxygen atoms in total. The second kappa shape index (κ2) is 8.12. The average molecular weight is 240 g/mol. The van der Waals surface area contributed by atoms with Crippen molar-refractivity contribution in [2.75, 3.05) is 13.7 Å². The van der Waals surface area contributed by atoms with Gasteiger partial charge in [0.05, 0.1) is 12.3 Å². The molecule has 1 unspecified atom stereocenters. The van der Waals surface area contributed by atoms with Crippen LogP contribution in [-0.2, 0) is 6.54 Å². The number of nitrogens with one attached hydrogen (secondary N) is 1. The van der Waals surface area contributed by atoms with Gasteiger partial charge in [-0.15, -0.1) is 0 Å². The third-order valence-electron chi connectivity index (χ3n) is 2.87.